The fraction of sp³-hybridized carbons (Fsp3) is 0.684. The average molecular weight is 376 g/mol. The fourth-order valence-electron chi connectivity index (χ4n) is 3.60. The molecular weight excluding hydrogens is 348 g/mol. The van der Waals surface area contributed by atoms with Gasteiger partial charge in [0.05, 0.1) is 5.92 Å². The second-order valence-electron chi connectivity index (χ2n) is 7.96. The second-order valence-corrected chi connectivity index (χ2v) is 7.96. The highest BCUT2D eigenvalue weighted by atomic mass is 16.8. The van der Waals surface area contributed by atoms with E-state index in [-0.39, 0.29) is 11.8 Å². The quantitative estimate of drug-likeness (QED) is 0.719. The van der Waals surface area contributed by atoms with Crippen molar-refractivity contribution in [2.45, 2.75) is 46.0 Å². The normalized spacial score (nSPS) is 23.4. The maximum absolute atomic E-state index is 13.2. The zero-order valence-electron chi connectivity index (χ0n) is 16.4. The number of amides is 1. The van der Waals surface area contributed by atoms with Gasteiger partial charge in [0.1, 0.15) is 0 Å². The number of ether oxygens (including phenoxy) is 2. The zero-order chi connectivity index (χ0) is 19.6. The van der Waals surface area contributed by atoms with Crippen LogP contribution in [-0.2, 0) is 19.1 Å². The van der Waals surface area contributed by atoms with Crippen molar-refractivity contribution in [1.82, 2.24) is 14.9 Å². The van der Waals surface area contributed by atoms with Gasteiger partial charge in [-0.05, 0) is 18.4 Å². The second kappa shape index (κ2) is 7.80. The van der Waals surface area contributed by atoms with Crippen LogP contribution in [-0.4, -0.2) is 64.8 Å². The molecule has 2 aliphatic heterocycles. The van der Waals surface area contributed by atoms with Gasteiger partial charge in [0.15, 0.2) is 6.10 Å². The number of esters is 1. The Balaban J connectivity index is 1.67. The molecule has 0 radical (unpaired) electrons. The van der Waals surface area contributed by atoms with E-state index in [0.717, 1.165) is 0 Å². The molecule has 0 aliphatic carbocycles. The Bertz CT molecular complexity index is 672. The van der Waals surface area contributed by atoms with Crippen LogP contribution in [0.15, 0.2) is 18.5 Å². The van der Waals surface area contributed by atoms with E-state index in [0.29, 0.717) is 38.5 Å². The van der Waals surface area contributed by atoms with E-state index in [4.69, 9.17) is 9.47 Å². The molecule has 3 rings (SSSR count). The van der Waals surface area contributed by atoms with Crippen LogP contribution in [0.25, 0.3) is 0 Å². The third kappa shape index (κ3) is 4.55. The largest absolute Gasteiger partial charge is 0.432 e. The van der Waals surface area contributed by atoms with E-state index < -0.39 is 23.8 Å². The molecule has 0 saturated carbocycles. The number of hydrogen-bond acceptors (Lipinski definition) is 7. The first kappa shape index (κ1) is 19.5. The molecule has 8 nitrogen and oxygen atoms in total. The van der Waals surface area contributed by atoms with Gasteiger partial charge in [-0.15, -0.1) is 0 Å². The van der Waals surface area contributed by atoms with E-state index >= 15 is 0 Å². The predicted octanol–water partition coefficient (Wildman–Crippen LogP) is 1.47. The third-order valence-corrected chi connectivity index (χ3v) is 4.82. The highest BCUT2D eigenvalue weighted by molar-refractivity contribution is 5.88. The van der Waals surface area contributed by atoms with E-state index in [1.807, 2.05) is 18.7 Å². The summed E-state index contributed by atoms with van der Waals surface area (Å²) in [6, 6.07) is 1.78. The van der Waals surface area contributed by atoms with E-state index in [1.54, 1.807) is 32.3 Å². The van der Waals surface area contributed by atoms with Crippen molar-refractivity contribution >= 4 is 17.8 Å². The lowest BCUT2D eigenvalue weighted by Gasteiger charge is -2.37. The van der Waals surface area contributed by atoms with Crippen LogP contribution in [0.2, 0.25) is 0 Å². The molecule has 0 N–H and O–H groups in total. The lowest BCUT2D eigenvalue weighted by Crippen LogP contribution is -2.53. The first-order valence-electron chi connectivity index (χ1n) is 9.48. The number of cyclic esters (lactones) is 1. The Morgan fingerprint density at radius 3 is 2.37 bits per heavy atom. The SMILES string of the molecule is CC(C)C[C@H](C(=O)N1CCN(c2ncccn2)CC1)[C@@H]1OC(C)(C)OC1=O. The molecule has 0 aromatic carbocycles. The maximum atomic E-state index is 13.2. The van der Waals surface area contributed by atoms with Crippen molar-refractivity contribution in [3.8, 4) is 0 Å². The molecule has 2 saturated heterocycles. The zero-order valence-corrected chi connectivity index (χ0v) is 16.4. The van der Waals surface area contributed by atoms with Gasteiger partial charge in [0.25, 0.3) is 0 Å². The highest BCUT2D eigenvalue weighted by Gasteiger charge is 2.48. The third-order valence-electron chi connectivity index (χ3n) is 4.82. The molecule has 1 aromatic rings. The van der Waals surface area contributed by atoms with Crippen molar-refractivity contribution in [1.29, 1.82) is 0 Å². The number of piperazine rings is 1. The van der Waals surface area contributed by atoms with Crippen molar-refractivity contribution < 1.29 is 19.1 Å². The van der Waals surface area contributed by atoms with Crippen molar-refractivity contribution in [2.75, 3.05) is 31.1 Å². The Labute approximate surface area is 159 Å². The molecule has 2 fully saturated rings. The lowest BCUT2D eigenvalue weighted by atomic mass is 9.90. The Morgan fingerprint density at radius 1 is 1.22 bits per heavy atom. The van der Waals surface area contributed by atoms with Gasteiger partial charge in [0, 0.05) is 52.4 Å². The van der Waals surface area contributed by atoms with Crippen LogP contribution in [0.1, 0.15) is 34.1 Å². The van der Waals surface area contributed by atoms with Crippen LogP contribution >= 0.6 is 0 Å². The molecule has 148 valence electrons. The lowest BCUT2D eigenvalue weighted by molar-refractivity contribution is -0.163. The summed E-state index contributed by atoms with van der Waals surface area (Å²) in [6.45, 7) is 9.92. The number of anilines is 1. The minimum atomic E-state index is -0.986. The van der Waals surface area contributed by atoms with Crippen LogP contribution < -0.4 is 4.90 Å². The molecule has 1 amide bonds. The van der Waals surface area contributed by atoms with Gasteiger partial charge in [-0.2, -0.15) is 0 Å². The summed E-state index contributed by atoms with van der Waals surface area (Å²) in [6.07, 6.45) is 3.16. The van der Waals surface area contributed by atoms with Gasteiger partial charge in [-0.1, -0.05) is 13.8 Å². The van der Waals surface area contributed by atoms with E-state index in [2.05, 4.69) is 14.9 Å². The molecule has 8 heteroatoms. The van der Waals surface area contributed by atoms with Crippen molar-refractivity contribution in [3.05, 3.63) is 18.5 Å². The number of aromatic nitrogens is 2. The fourth-order valence-corrected chi connectivity index (χ4v) is 3.60. The average Bonchev–Trinajstić information content (AvgIpc) is 2.92. The van der Waals surface area contributed by atoms with Gasteiger partial charge in [0.2, 0.25) is 17.6 Å². The molecule has 3 heterocycles. The highest BCUT2D eigenvalue weighted by Crippen LogP contribution is 2.32. The summed E-state index contributed by atoms with van der Waals surface area (Å²) in [5, 5.41) is 0. The first-order valence-corrected chi connectivity index (χ1v) is 9.48. The smallest absolute Gasteiger partial charge is 0.338 e. The molecule has 0 unspecified atom stereocenters. The van der Waals surface area contributed by atoms with Crippen molar-refractivity contribution in [3.63, 3.8) is 0 Å². The van der Waals surface area contributed by atoms with Crippen molar-refractivity contribution in [2.24, 2.45) is 11.8 Å². The van der Waals surface area contributed by atoms with Crippen LogP contribution in [0, 0.1) is 11.8 Å². The number of carbonyl (C=O) groups excluding carboxylic acids is 2. The van der Waals surface area contributed by atoms with E-state index in [1.165, 1.54) is 0 Å². The van der Waals surface area contributed by atoms with Gasteiger partial charge < -0.3 is 19.3 Å². The maximum Gasteiger partial charge on any atom is 0.338 e. The van der Waals surface area contributed by atoms with Crippen LogP contribution in [0.5, 0.6) is 0 Å². The first-order chi connectivity index (χ1) is 12.8. The Hall–Kier alpha value is -2.22. The molecule has 1 aromatic heterocycles. The molecule has 27 heavy (non-hydrogen) atoms. The molecule has 0 spiro atoms. The summed E-state index contributed by atoms with van der Waals surface area (Å²) in [5.41, 5.74) is 0. The Morgan fingerprint density at radius 2 is 1.85 bits per heavy atom. The van der Waals surface area contributed by atoms with Gasteiger partial charge >= 0.3 is 5.97 Å². The van der Waals surface area contributed by atoms with E-state index in [9.17, 15) is 9.59 Å². The summed E-state index contributed by atoms with van der Waals surface area (Å²) >= 11 is 0. The topological polar surface area (TPSA) is 84.9 Å². The standard InChI is InChI=1S/C19H28N4O4/c1-13(2)12-14(15-17(25)27-19(3,4)26-15)16(24)22-8-10-23(11-9-22)18-20-6-5-7-21-18/h5-7,13-15H,8-12H2,1-4H3/t14-,15-/m0/s1. The summed E-state index contributed by atoms with van der Waals surface area (Å²) in [7, 11) is 0. The summed E-state index contributed by atoms with van der Waals surface area (Å²) in [5.74, 6) is -1.07. The Kier molecular flexibility index (Phi) is 5.64. The van der Waals surface area contributed by atoms with Crippen LogP contribution in [0.4, 0.5) is 5.95 Å². The van der Waals surface area contributed by atoms with Gasteiger partial charge in [-0.3, -0.25) is 4.79 Å². The number of rotatable bonds is 5. The molecule has 2 aliphatic rings. The number of nitrogens with zero attached hydrogens (tertiary/aromatic N) is 4. The minimum Gasteiger partial charge on any atom is -0.432 e. The van der Waals surface area contributed by atoms with Crippen LogP contribution in [0.3, 0.4) is 0 Å². The minimum absolute atomic E-state index is 0.0445. The van der Waals surface area contributed by atoms with Gasteiger partial charge in [-0.25, -0.2) is 14.8 Å². The monoisotopic (exact) mass is 376 g/mol. The molecular formula is C19H28N4O4. The summed E-state index contributed by atoms with van der Waals surface area (Å²) in [4.78, 5) is 37.9. The predicted molar refractivity (Wildman–Crippen MR) is 98.8 cm³/mol. The number of carbonyl (C=O) groups is 2. The molecule has 0 bridgehead atoms. The number of hydrogen-bond donors (Lipinski definition) is 0. The molecule has 2 atom stereocenters. The summed E-state index contributed by atoms with van der Waals surface area (Å²) < 4.78 is 11.1.